The van der Waals surface area contributed by atoms with Crippen molar-refractivity contribution in [2.75, 3.05) is 19.3 Å². The number of hydrogen-bond acceptors (Lipinski definition) is 3. The van der Waals surface area contributed by atoms with Crippen LogP contribution < -0.4 is 0 Å². The summed E-state index contributed by atoms with van der Waals surface area (Å²) in [5.74, 6) is 0.0891. The lowest BCUT2D eigenvalue weighted by molar-refractivity contribution is -0.140. The number of sulfone groups is 1. The first-order valence-corrected chi connectivity index (χ1v) is 11.0. The zero-order chi connectivity index (χ0) is 18.1. The van der Waals surface area contributed by atoms with E-state index < -0.39 is 21.4 Å². The number of piperidine rings is 1. The van der Waals surface area contributed by atoms with E-state index in [0.29, 0.717) is 25.9 Å². The fourth-order valence-electron chi connectivity index (χ4n) is 4.16. The van der Waals surface area contributed by atoms with Crippen LogP contribution in [0.5, 0.6) is 0 Å². The number of hydrogen-bond donors (Lipinski definition) is 0. The zero-order valence-electron chi connectivity index (χ0n) is 14.7. The van der Waals surface area contributed by atoms with E-state index in [1.807, 2.05) is 4.90 Å². The maximum absolute atomic E-state index is 13.4. The summed E-state index contributed by atoms with van der Waals surface area (Å²) in [4.78, 5) is 15.4. The lowest BCUT2D eigenvalue weighted by atomic mass is 9.68. The second-order valence-electron chi connectivity index (χ2n) is 7.41. The average Bonchev–Trinajstić information content (AvgIpc) is 2.62. The fourth-order valence-corrected chi connectivity index (χ4v) is 4.79. The van der Waals surface area contributed by atoms with Gasteiger partial charge < -0.3 is 4.90 Å². The van der Waals surface area contributed by atoms with Crippen LogP contribution in [0.4, 0.5) is 4.39 Å². The van der Waals surface area contributed by atoms with E-state index in [1.165, 1.54) is 6.26 Å². The van der Waals surface area contributed by atoms with Gasteiger partial charge in [0.05, 0.1) is 10.3 Å². The number of nitrogens with zero attached hydrogens (tertiary/aromatic N) is 1. The third kappa shape index (κ3) is 3.73. The van der Waals surface area contributed by atoms with Gasteiger partial charge in [-0.2, -0.15) is 0 Å². The monoisotopic (exact) mass is 367 g/mol. The molecule has 2 aliphatic rings. The number of carbonyl (C=O) groups is 1. The van der Waals surface area contributed by atoms with Crippen molar-refractivity contribution in [2.45, 2.75) is 61.4 Å². The molecular weight excluding hydrogens is 341 g/mol. The van der Waals surface area contributed by atoms with E-state index in [9.17, 15) is 17.6 Å². The molecule has 25 heavy (non-hydrogen) atoms. The molecule has 2 fully saturated rings. The molecule has 0 atom stereocenters. The Kier molecular flexibility index (Phi) is 5.19. The highest BCUT2D eigenvalue weighted by Gasteiger charge is 2.44. The summed E-state index contributed by atoms with van der Waals surface area (Å²) in [6.07, 6.45) is 5.84. The third-order valence-corrected chi connectivity index (χ3v) is 6.79. The second kappa shape index (κ2) is 7.06. The van der Waals surface area contributed by atoms with Crippen LogP contribution in [-0.4, -0.2) is 44.7 Å². The minimum atomic E-state index is -3.25. The molecule has 1 aromatic rings. The Morgan fingerprint density at radius 3 is 2.16 bits per heavy atom. The number of alkyl halides is 1. The summed E-state index contributed by atoms with van der Waals surface area (Å²) in [5, 5.41) is 0. The minimum Gasteiger partial charge on any atom is -0.342 e. The van der Waals surface area contributed by atoms with E-state index in [-0.39, 0.29) is 10.8 Å². The van der Waals surface area contributed by atoms with Crippen molar-refractivity contribution in [3.63, 3.8) is 0 Å². The van der Waals surface area contributed by atoms with E-state index in [1.54, 1.807) is 24.3 Å². The Morgan fingerprint density at radius 1 is 1.08 bits per heavy atom. The van der Waals surface area contributed by atoms with Gasteiger partial charge in [0.1, 0.15) is 6.17 Å². The highest BCUT2D eigenvalue weighted by molar-refractivity contribution is 7.90. The van der Waals surface area contributed by atoms with E-state index in [2.05, 4.69) is 0 Å². The Hall–Kier alpha value is -1.43. The molecule has 0 unspecified atom stereocenters. The van der Waals surface area contributed by atoms with Gasteiger partial charge in [-0.3, -0.25) is 4.79 Å². The summed E-state index contributed by atoms with van der Waals surface area (Å²) in [5.41, 5.74) is 0.309. The van der Waals surface area contributed by atoms with Crippen LogP contribution in [0.1, 0.15) is 50.5 Å². The fraction of sp³-hybridized carbons (Fsp3) is 0.632. The maximum Gasteiger partial charge on any atom is 0.233 e. The number of amides is 1. The van der Waals surface area contributed by atoms with Crippen LogP contribution in [0.2, 0.25) is 0 Å². The molecule has 0 bridgehead atoms. The van der Waals surface area contributed by atoms with Crippen molar-refractivity contribution >= 4 is 15.7 Å². The summed E-state index contributed by atoms with van der Waals surface area (Å²) in [6, 6.07) is 6.78. The van der Waals surface area contributed by atoms with Crippen LogP contribution in [0, 0.1) is 0 Å². The highest BCUT2D eigenvalue weighted by Crippen LogP contribution is 2.41. The standard InChI is InChI=1S/C19H26FNO3S/c1-25(23,24)17-7-5-15(6-8-17)19(11-3-2-4-12-19)18(22)21-13-9-16(20)10-14-21/h5-8,16H,2-4,9-14H2,1H3. The van der Waals surface area contributed by atoms with Gasteiger partial charge in [0.2, 0.25) is 5.91 Å². The molecular formula is C19H26FNO3S. The molecule has 6 heteroatoms. The Morgan fingerprint density at radius 2 is 1.64 bits per heavy atom. The molecule has 0 spiro atoms. The van der Waals surface area contributed by atoms with Crippen molar-refractivity contribution < 1.29 is 17.6 Å². The first-order chi connectivity index (χ1) is 11.8. The third-order valence-electron chi connectivity index (χ3n) is 5.66. The molecule has 1 saturated heterocycles. The average molecular weight is 367 g/mol. The molecule has 0 N–H and O–H groups in total. The molecule has 1 heterocycles. The second-order valence-corrected chi connectivity index (χ2v) is 9.42. The van der Waals surface area contributed by atoms with Gasteiger partial charge in [0, 0.05) is 19.3 Å². The molecule has 1 saturated carbocycles. The quantitative estimate of drug-likeness (QED) is 0.824. The molecule has 1 amide bonds. The molecule has 3 rings (SSSR count). The molecule has 1 aliphatic carbocycles. The number of likely N-dealkylation sites (tertiary alicyclic amines) is 1. The number of benzene rings is 1. The van der Waals surface area contributed by atoms with Crippen molar-refractivity contribution in [2.24, 2.45) is 0 Å². The SMILES string of the molecule is CS(=O)(=O)c1ccc(C2(C(=O)N3CCC(F)CC3)CCCCC2)cc1. The molecule has 138 valence electrons. The first-order valence-electron chi connectivity index (χ1n) is 9.07. The lowest BCUT2D eigenvalue weighted by Crippen LogP contribution is -2.50. The van der Waals surface area contributed by atoms with Crippen molar-refractivity contribution in [1.82, 2.24) is 4.90 Å². The van der Waals surface area contributed by atoms with Crippen molar-refractivity contribution in [3.8, 4) is 0 Å². The summed E-state index contributed by atoms with van der Waals surface area (Å²) >= 11 is 0. The van der Waals surface area contributed by atoms with Gasteiger partial charge in [-0.25, -0.2) is 12.8 Å². The number of rotatable bonds is 3. The summed E-state index contributed by atoms with van der Waals surface area (Å²) < 4.78 is 36.8. The van der Waals surface area contributed by atoms with Crippen LogP contribution in [0.3, 0.4) is 0 Å². The van der Waals surface area contributed by atoms with Gasteiger partial charge in [-0.15, -0.1) is 0 Å². The van der Waals surface area contributed by atoms with Crippen LogP contribution in [0.25, 0.3) is 0 Å². The predicted octanol–water partition coefficient (Wildman–Crippen LogP) is 3.25. The lowest BCUT2D eigenvalue weighted by Gasteiger charge is -2.42. The summed E-state index contributed by atoms with van der Waals surface area (Å²) in [6.45, 7) is 0.951. The molecule has 0 radical (unpaired) electrons. The smallest absolute Gasteiger partial charge is 0.233 e. The van der Waals surface area contributed by atoms with Gasteiger partial charge in [0.15, 0.2) is 9.84 Å². The number of carbonyl (C=O) groups excluding carboxylic acids is 1. The van der Waals surface area contributed by atoms with E-state index in [0.717, 1.165) is 37.7 Å². The van der Waals surface area contributed by atoms with Gasteiger partial charge in [-0.1, -0.05) is 31.4 Å². The first kappa shape index (κ1) is 18.4. The molecule has 0 aromatic heterocycles. The van der Waals surface area contributed by atoms with Crippen LogP contribution >= 0.6 is 0 Å². The predicted molar refractivity (Wildman–Crippen MR) is 95.0 cm³/mol. The largest absolute Gasteiger partial charge is 0.342 e. The van der Waals surface area contributed by atoms with Gasteiger partial charge in [-0.05, 0) is 43.4 Å². The maximum atomic E-state index is 13.4. The molecule has 4 nitrogen and oxygen atoms in total. The van der Waals surface area contributed by atoms with E-state index >= 15 is 0 Å². The van der Waals surface area contributed by atoms with Gasteiger partial charge >= 0.3 is 0 Å². The number of halogens is 1. The van der Waals surface area contributed by atoms with Crippen molar-refractivity contribution in [3.05, 3.63) is 29.8 Å². The summed E-state index contributed by atoms with van der Waals surface area (Å²) in [7, 11) is -3.25. The Bertz CT molecular complexity index is 716. The normalized spacial score (nSPS) is 21.9. The molecule has 1 aromatic carbocycles. The zero-order valence-corrected chi connectivity index (χ0v) is 15.5. The van der Waals surface area contributed by atoms with E-state index in [4.69, 9.17) is 0 Å². The van der Waals surface area contributed by atoms with Crippen LogP contribution in [0.15, 0.2) is 29.2 Å². The van der Waals surface area contributed by atoms with Crippen LogP contribution in [-0.2, 0) is 20.0 Å². The van der Waals surface area contributed by atoms with Crippen molar-refractivity contribution in [1.29, 1.82) is 0 Å². The highest BCUT2D eigenvalue weighted by atomic mass is 32.2. The Labute approximate surface area is 149 Å². The topological polar surface area (TPSA) is 54.5 Å². The molecule has 1 aliphatic heterocycles. The minimum absolute atomic E-state index is 0.0891. The van der Waals surface area contributed by atoms with Gasteiger partial charge in [0.25, 0.3) is 0 Å². The Balaban J connectivity index is 1.92.